The molecule has 5 nitrogen and oxygen atoms in total. The number of nitrogens with one attached hydrogen (secondary N) is 1. The lowest BCUT2D eigenvalue weighted by atomic mass is 9.85. The van der Waals surface area contributed by atoms with Gasteiger partial charge >= 0.3 is 0 Å². The van der Waals surface area contributed by atoms with Crippen molar-refractivity contribution in [1.29, 1.82) is 5.26 Å². The van der Waals surface area contributed by atoms with Crippen LogP contribution in [0.1, 0.15) is 95.7 Å². The molecule has 4 aliphatic heterocycles. The second-order valence-electron chi connectivity index (χ2n) is 13.7. The molecule has 1 aromatic rings. The molecule has 248 valence electrons. The third kappa shape index (κ3) is 6.69. The van der Waals surface area contributed by atoms with Crippen LogP contribution < -0.4 is 5.32 Å². The minimum atomic E-state index is -3.30. The summed E-state index contributed by atoms with van der Waals surface area (Å²) >= 11 is 0. The zero-order chi connectivity index (χ0) is 33.2. The second-order valence-corrected chi connectivity index (χ2v) is 13.7. The molecule has 5 aliphatic rings. The van der Waals surface area contributed by atoms with E-state index in [0.717, 1.165) is 37.9 Å². The molecule has 6 rings (SSSR count). The van der Waals surface area contributed by atoms with Gasteiger partial charge in [0.1, 0.15) is 18.3 Å². The van der Waals surface area contributed by atoms with Crippen LogP contribution in [0.15, 0.2) is 70.8 Å². The predicted octanol–water partition coefficient (Wildman–Crippen LogP) is 8.85. The van der Waals surface area contributed by atoms with Crippen LogP contribution in [0, 0.1) is 28.5 Å². The van der Waals surface area contributed by atoms with Crippen LogP contribution in [0.2, 0.25) is 0 Å². The number of fused-ring (bicyclic) bond motifs is 10. The monoisotopic (exact) mass is 637 g/mol. The molecule has 0 radical (unpaired) electrons. The Morgan fingerprint density at radius 3 is 2.39 bits per heavy atom. The highest BCUT2D eigenvalue weighted by molar-refractivity contribution is 5.80. The van der Waals surface area contributed by atoms with Gasteiger partial charge in [-0.25, -0.2) is 22.6 Å². The maximum absolute atomic E-state index is 16.0. The van der Waals surface area contributed by atoms with Crippen LogP contribution in [0.5, 0.6) is 0 Å². The number of allylic oxidation sites excluding steroid dienone is 2. The van der Waals surface area contributed by atoms with E-state index in [-0.39, 0.29) is 5.56 Å². The topological polar surface area (TPSA) is 54.7 Å². The fourth-order valence-corrected chi connectivity index (χ4v) is 7.24. The average molecular weight is 638 g/mol. The molecule has 46 heavy (non-hydrogen) atoms. The highest BCUT2D eigenvalue weighted by Gasteiger charge is 2.50. The number of alkyl halides is 3. The van der Waals surface area contributed by atoms with Crippen molar-refractivity contribution in [3.05, 3.63) is 82.7 Å². The summed E-state index contributed by atoms with van der Waals surface area (Å²) in [6.45, 7) is 15.4. The number of benzene rings is 1. The Morgan fingerprint density at radius 2 is 1.76 bits per heavy atom. The van der Waals surface area contributed by atoms with Gasteiger partial charge in [-0.2, -0.15) is 5.26 Å². The second kappa shape index (κ2) is 13.8. The van der Waals surface area contributed by atoms with E-state index in [9.17, 15) is 9.65 Å². The van der Waals surface area contributed by atoms with Crippen molar-refractivity contribution in [2.45, 2.75) is 96.6 Å². The molecule has 6 bridgehead atoms. The van der Waals surface area contributed by atoms with Gasteiger partial charge in [0.05, 0.1) is 29.1 Å². The maximum atomic E-state index is 16.0. The molecule has 9 heteroatoms. The third-order valence-electron chi connectivity index (χ3n) is 10.1. The standard InChI is InChI=1S/C37H47F4N5/c1-24(2)43-35-31-21-33(36(23-42)16-17-36)27(5)46(35)29(22-38)11-8-6-7-9-18-45-19-14-28(15-20-45)37(40,41)32-13-10-12-30(34(32)39)25(3)44-26(31)4/h10,12-13,21,25,28-29,44H,4-9,11,14-20,22H2,1-3H3/t25-,29?/m1/s1. The van der Waals surface area contributed by atoms with Gasteiger partial charge in [0.15, 0.2) is 0 Å². The molecule has 1 aromatic carbocycles. The normalized spacial score (nSPS) is 28.4. The van der Waals surface area contributed by atoms with Crippen LogP contribution >= 0.6 is 0 Å². The highest BCUT2D eigenvalue weighted by atomic mass is 19.3. The minimum absolute atomic E-state index is 0.109. The van der Waals surface area contributed by atoms with E-state index >= 15 is 13.2 Å². The Kier molecular flexibility index (Phi) is 10.2. The number of hydrogen-bond donors (Lipinski definition) is 1. The number of nitriles is 1. The van der Waals surface area contributed by atoms with E-state index in [4.69, 9.17) is 4.99 Å². The predicted molar refractivity (Wildman–Crippen MR) is 175 cm³/mol. The van der Waals surface area contributed by atoms with E-state index in [1.165, 1.54) is 18.2 Å². The van der Waals surface area contributed by atoms with E-state index in [0.29, 0.717) is 73.6 Å². The SMILES string of the molecule is C=C1N[C@H](C)c2cccc(c2F)C(F)(F)C2CCN(CCCCCCC(CF)N3C(=C)C(C4(C#N)CC4)=CC1=C3N=C(C)C)CC2. The first-order valence-corrected chi connectivity index (χ1v) is 16.7. The van der Waals surface area contributed by atoms with Crippen LogP contribution in [0.4, 0.5) is 17.6 Å². The Morgan fingerprint density at radius 1 is 1.07 bits per heavy atom. The van der Waals surface area contributed by atoms with Crippen molar-refractivity contribution in [1.82, 2.24) is 15.1 Å². The Hall–Kier alpha value is -3.38. The fraction of sp³-hybridized carbons (Fsp3) is 0.568. The van der Waals surface area contributed by atoms with E-state index in [1.54, 1.807) is 6.92 Å². The molecule has 1 saturated carbocycles. The number of rotatable bonds is 3. The zero-order valence-corrected chi connectivity index (χ0v) is 27.4. The summed E-state index contributed by atoms with van der Waals surface area (Å²) < 4.78 is 62.8. The Labute approximate surface area is 271 Å². The molecule has 0 amide bonds. The van der Waals surface area contributed by atoms with Crippen LogP contribution in [-0.4, -0.2) is 47.9 Å². The largest absolute Gasteiger partial charge is 0.378 e. The molecule has 1 N–H and O–H groups in total. The van der Waals surface area contributed by atoms with Gasteiger partial charge in [-0.1, -0.05) is 50.6 Å². The smallest absolute Gasteiger partial charge is 0.278 e. The van der Waals surface area contributed by atoms with Crippen molar-refractivity contribution in [3.8, 4) is 6.07 Å². The van der Waals surface area contributed by atoms with Gasteiger partial charge < -0.3 is 15.1 Å². The molecule has 2 fully saturated rings. The van der Waals surface area contributed by atoms with Crippen molar-refractivity contribution >= 4 is 5.71 Å². The van der Waals surface area contributed by atoms with Crippen molar-refractivity contribution < 1.29 is 17.6 Å². The highest BCUT2D eigenvalue weighted by Crippen LogP contribution is 2.56. The van der Waals surface area contributed by atoms with Gasteiger partial charge in [-0.3, -0.25) is 0 Å². The average Bonchev–Trinajstić information content (AvgIpc) is 3.82. The summed E-state index contributed by atoms with van der Waals surface area (Å²) in [6, 6.07) is 5.39. The molecule has 1 aliphatic carbocycles. The first kappa shape index (κ1) is 34.0. The lowest BCUT2D eigenvalue weighted by Crippen LogP contribution is -2.40. The summed E-state index contributed by atoms with van der Waals surface area (Å²) in [5, 5.41) is 13.4. The first-order chi connectivity index (χ1) is 21.9. The third-order valence-corrected chi connectivity index (χ3v) is 10.1. The number of aliphatic imine (C=N–C) groups is 1. The maximum Gasteiger partial charge on any atom is 0.278 e. The summed E-state index contributed by atoms with van der Waals surface area (Å²) in [4.78, 5) is 8.90. The molecular formula is C37H47F4N5. The lowest BCUT2D eigenvalue weighted by molar-refractivity contribution is -0.0880. The number of hydrogen-bond acceptors (Lipinski definition) is 5. The van der Waals surface area contributed by atoms with Gasteiger partial charge in [-0.05, 0) is 90.6 Å². The van der Waals surface area contributed by atoms with Gasteiger partial charge in [0.2, 0.25) is 0 Å². The zero-order valence-electron chi connectivity index (χ0n) is 27.4. The molecular weight excluding hydrogens is 590 g/mol. The van der Waals surface area contributed by atoms with E-state index < -0.39 is 47.4 Å². The number of piperidine rings is 1. The van der Waals surface area contributed by atoms with Crippen molar-refractivity contribution in [3.63, 3.8) is 0 Å². The van der Waals surface area contributed by atoms with Crippen LogP contribution in [-0.2, 0) is 5.92 Å². The summed E-state index contributed by atoms with van der Waals surface area (Å²) in [5.74, 6) is -4.69. The Balaban J connectivity index is 1.59. The van der Waals surface area contributed by atoms with Gasteiger partial charge in [-0.15, -0.1) is 0 Å². The number of nitrogens with zero attached hydrogens (tertiary/aromatic N) is 4. The minimum Gasteiger partial charge on any atom is -0.378 e. The molecule has 0 spiro atoms. The molecule has 1 saturated heterocycles. The molecule has 2 atom stereocenters. The summed E-state index contributed by atoms with van der Waals surface area (Å²) in [7, 11) is 0. The molecule has 0 aromatic heterocycles. The van der Waals surface area contributed by atoms with Crippen molar-refractivity contribution in [2.75, 3.05) is 26.3 Å². The molecule has 1 unspecified atom stereocenters. The van der Waals surface area contributed by atoms with Crippen LogP contribution in [0.25, 0.3) is 0 Å². The van der Waals surface area contributed by atoms with Crippen molar-refractivity contribution in [2.24, 2.45) is 16.3 Å². The van der Waals surface area contributed by atoms with Gasteiger partial charge in [0, 0.05) is 34.2 Å². The molecule has 4 heterocycles. The van der Waals surface area contributed by atoms with Gasteiger partial charge in [0.25, 0.3) is 5.92 Å². The van der Waals surface area contributed by atoms with Crippen LogP contribution in [0.3, 0.4) is 0 Å². The van der Waals surface area contributed by atoms with E-state index in [1.807, 2.05) is 24.8 Å². The lowest BCUT2D eigenvalue weighted by Gasteiger charge is -2.40. The summed E-state index contributed by atoms with van der Waals surface area (Å²) in [5.41, 5.74) is 1.75. The van der Waals surface area contributed by atoms with E-state index in [2.05, 4.69) is 29.4 Å². The summed E-state index contributed by atoms with van der Waals surface area (Å²) in [6.07, 6.45) is 8.00. The number of halogens is 4. The quantitative estimate of drug-likeness (QED) is 0.266. The first-order valence-electron chi connectivity index (χ1n) is 16.7. The Bertz CT molecular complexity index is 1470. The fourth-order valence-electron chi connectivity index (χ4n) is 7.24.